The zero-order chi connectivity index (χ0) is 18.3. The van der Waals surface area contributed by atoms with Crippen molar-refractivity contribution in [2.24, 2.45) is 5.41 Å². The van der Waals surface area contributed by atoms with Crippen LogP contribution in [0.4, 0.5) is 0 Å². The molecule has 0 aliphatic heterocycles. The number of rotatable bonds is 11. The minimum Gasteiger partial charge on any atom is -0.481 e. The second-order valence-electron chi connectivity index (χ2n) is 4.91. The summed E-state index contributed by atoms with van der Waals surface area (Å²) in [6.07, 6.45) is 3.35. The van der Waals surface area contributed by atoms with Crippen LogP contribution in [0.1, 0.15) is 32.1 Å². The number of carboxylic acid groups (broad SMARTS) is 3. The molecule has 0 unspecified atom stereocenters. The maximum absolute atomic E-state index is 10.1. The second-order valence-corrected chi connectivity index (χ2v) is 4.91. The molecule has 0 saturated heterocycles. The van der Waals surface area contributed by atoms with Gasteiger partial charge in [-0.15, -0.1) is 0 Å². The van der Waals surface area contributed by atoms with Gasteiger partial charge in [-0.25, -0.2) is 4.79 Å². The molecule has 0 atom stereocenters. The SMILES string of the molecule is O=C(O)C=CCC(CO)(CO)CO.O=C(O)CCCCC(=O)O. The summed E-state index contributed by atoms with van der Waals surface area (Å²) in [5.74, 6) is -2.83. The Morgan fingerprint density at radius 2 is 1.17 bits per heavy atom. The zero-order valence-electron chi connectivity index (χ0n) is 12.7. The van der Waals surface area contributed by atoms with Crippen molar-refractivity contribution in [3.63, 3.8) is 0 Å². The smallest absolute Gasteiger partial charge is 0.327 e. The standard InChI is InChI=1S/C8H14O5.C6H10O4/c9-4-8(5-10,6-11)3-1-2-7(12)13;7-5(8)3-1-2-4-6(9)10/h1-2,9-11H,3-6H2,(H,12,13);1-4H2,(H,7,8)(H,9,10). The number of aliphatic hydroxyl groups excluding tert-OH is 3. The Morgan fingerprint density at radius 3 is 1.43 bits per heavy atom. The number of unbranched alkanes of at least 4 members (excludes halogenated alkanes) is 1. The molecular formula is C14H24O9. The Labute approximate surface area is 133 Å². The van der Waals surface area contributed by atoms with Crippen molar-refractivity contribution in [1.82, 2.24) is 0 Å². The average molecular weight is 336 g/mol. The molecule has 0 aromatic carbocycles. The van der Waals surface area contributed by atoms with Crippen LogP contribution in [0.15, 0.2) is 12.2 Å². The lowest BCUT2D eigenvalue weighted by Crippen LogP contribution is -2.33. The summed E-state index contributed by atoms with van der Waals surface area (Å²) in [6, 6.07) is 0. The summed E-state index contributed by atoms with van der Waals surface area (Å²) in [5.41, 5.74) is -1.02. The van der Waals surface area contributed by atoms with Crippen molar-refractivity contribution >= 4 is 17.9 Å². The van der Waals surface area contributed by atoms with E-state index >= 15 is 0 Å². The largest absolute Gasteiger partial charge is 0.481 e. The zero-order valence-corrected chi connectivity index (χ0v) is 12.7. The van der Waals surface area contributed by atoms with Crippen molar-refractivity contribution in [3.8, 4) is 0 Å². The highest BCUT2D eigenvalue weighted by atomic mass is 16.4. The fourth-order valence-electron chi connectivity index (χ4n) is 1.31. The summed E-state index contributed by atoms with van der Waals surface area (Å²) < 4.78 is 0. The first-order chi connectivity index (χ1) is 10.7. The predicted octanol–water partition coefficient (Wildman–Crippen LogP) is -0.303. The van der Waals surface area contributed by atoms with Gasteiger partial charge in [-0.05, 0) is 19.3 Å². The Balaban J connectivity index is 0. The minimum absolute atomic E-state index is 0.0628. The van der Waals surface area contributed by atoms with E-state index in [1.165, 1.54) is 6.08 Å². The lowest BCUT2D eigenvalue weighted by Gasteiger charge is -2.25. The van der Waals surface area contributed by atoms with Crippen molar-refractivity contribution in [1.29, 1.82) is 0 Å². The van der Waals surface area contributed by atoms with E-state index in [1.54, 1.807) is 0 Å². The Bertz CT molecular complexity index is 361. The Morgan fingerprint density at radius 1 is 0.783 bits per heavy atom. The van der Waals surface area contributed by atoms with Gasteiger partial charge in [0.25, 0.3) is 0 Å². The number of aliphatic hydroxyl groups is 3. The number of carbonyl (C=O) groups is 3. The molecule has 134 valence electrons. The lowest BCUT2D eigenvalue weighted by atomic mass is 9.87. The van der Waals surface area contributed by atoms with Crippen LogP contribution in [-0.2, 0) is 14.4 Å². The first kappa shape index (κ1) is 23.3. The third-order valence-corrected chi connectivity index (χ3v) is 2.85. The number of aliphatic carboxylic acids is 3. The molecule has 0 heterocycles. The third kappa shape index (κ3) is 14.7. The van der Waals surface area contributed by atoms with Crippen molar-refractivity contribution < 1.29 is 45.0 Å². The third-order valence-electron chi connectivity index (χ3n) is 2.85. The molecule has 23 heavy (non-hydrogen) atoms. The number of hydrogen-bond donors (Lipinski definition) is 6. The van der Waals surface area contributed by atoms with Gasteiger partial charge in [0.2, 0.25) is 0 Å². The van der Waals surface area contributed by atoms with Crippen LogP contribution in [-0.4, -0.2) is 68.4 Å². The van der Waals surface area contributed by atoms with E-state index in [2.05, 4.69) is 0 Å². The van der Waals surface area contributed by atoms with Crippen LogP contribution in [0.3, 0.4) is 0 Å². The van der Waals surface area contributed by atoms with E-state index in [0.29, 0.717) is 12.8 Å². The first-order valence-corrected chi connectivity index (χ1v) is 6.88. The summed E-state index contributed by atoms with van der Waals surface area (Å²) in [4.78, 5) is 29.9. The highest BCUT2D eigenvalue weighted by molar-refractivity contribution is 5.79. The second kappa shape index (κ2) is 13.7. The molecule has 0 aromatic rings. The van der Waals surface area contributed by atoms with Gasteiger partial charge >= 0.3 is 17.9 Å². The highest BCUT2D eigenvalue weighted by Crippen LogP contribution is 2.20. The molecule has 9 heteroatoms. The molecule has 0 spiro atoms. The molecule has 0 rings (SSSR count). The van der Waals surface area contributed by atoms with E-state index < -0.39 is 23.3 Å². The summed E-state index contributed by atoms with van der Waals surface area (Å²) in [6.45, 7) is -1.15. The molecule has 0 fully saturated rings. The van der Waals surface area contributed by atoms with Crippen LogP contribution in [0, 0.1) is 5.41 Å². The number of allylic oxidation sites excluding steroid dienone is 1. The average Bonchev–Trinajstić information content (AvgIpc) is 2.49. The van der Waals surface area contributed by atoms with E-state index in [1.807, 2.05) is 0 Å². The molecule has 0 aromatic heterocycles. The van der Waals surface area contributed by atoms with Gasteiger partial charge < -0.3 is 30.6 Å². The monoisotopic (exact) mass is 336 g/mol. The predicted molar refractivity (Wildman–Crippen MR) is 78.8 cm³/mol. The van der Waals surface area contributed by atoms with Crippen LogP contribution in [0.25, 0.3) is 0 Å². The van der Waals surface area contributed by atoms with Crippen molar-refractivity contribution in [2.75, 3.05) is 19.8 Å². The summed E-state index contributed by atoms with van der Waals surface area (Å²) in [7, 11) is 0. The molecule has 0 aliphatic rings. The van der Waals surface area contributed by atoms with Crippen LogP contribution in [0.5, 0.6) is 0 Å². The van der Waals surface area contributed by atoms with Gasteiger partial charge in [0.1, 0.15) is 0 Å². The quantitative estimate of drug-likeness (QED) is 0.219. The normalized spacial score (nSPS) is 10.9. The van der Waals surface area contributed by atoms with Gasteiger partial charge in [0, 0.05) is 24.3 Å². The maximum Gasteiger partial charge on any atom is 0.327 e. The van der Waals surface area contributed by atoms with Gasteiger partial charge in [-0.2, -0.15) is 0 Å². The minimum atomic E-state index is -1.09. The summed E-state index contributed by atoms with van der Waals surface area (Å²) >= 11 is 0. The van der Waals surface area contributed by atoms with Gasteiger partial charge in [-0.1, -0.05) is 6.08 Å². The Hall–Kier alpha value is -1.97. The van der Waals surface area contributed by atoms with Crippen LogP contribution >= 0.6 is 0 Å². The molecule has 6 N–H and O–H groups in total. The molecular weight excluding hydrogens is 312 g/mol. The molecule has 0 aliphatic carbocycles. The van der Waals surface area contributed by atoms with Gasteiger partial charge in [-0.3, -0.25) is 9.59 Å². The number of hydrogen-bond acceptors (Lipinski definition) is 6. The topological polar surface area (TPSA) is 173 Å². The van der Waals surface area contributed by atoms with E-state index in [-0.39, 0.29) is 39.1 Å². The fourth-order valence-corrected chi connectivity index (χ4v) is 1.31. The molecule has 0 bridgehead atoms. The van der Waals surface area contributed by atoms with Gasteiger partial charge in [0.15, 0.2) is 0 Å². The van der Waals surface area contributed by atoms with E-state index in [4.69, 9.17) is 30.6 Å². The molecule has 0 radical (unpaired) electrons. The highest BCUT2D eigenvalue weighted by Gasteiger charge is 2.26. The lowest BCUT2D eigenvalue weighted by molar-refractivity contribution is -0.139. The number of carboxylic acids is 3. The first-order valence-electron chi connectivity index (χ1n) is 6.88. The van der Waals surface area contributed by atoms with Crippen molar-refractivity contribution in [2.45, 2.75) is 32.1 Å². The van der Waals surface area contributed by atoms with E-state index in [0.717, 1.165) is 6.08 Å². The summed E-state index contributed by atoms with van der Waals surface area (Å²) in [5, 5.41) is 51.0. The molecule has 0 amide bonds. The van der Waals surface area contributed by atoms with Crippen LogP contribution in [0.2, 0.25) is 0 Å². The Kier molecular flexibility index (Phi) is 13.9. The van der Waals surface area contributed by atoms with Crippen molar-refractivity contribution in [3.05, 3.63) is 12.2 Å². The maximum atomic E-state index is 10.1. The molecule has 0 saturated carbocycles. The van der Waals surface area contributed by atoms with Crippen LogP contribution < -0.4 is 0 Å². The van der Waals surface area contributed by atoms with E-state index in [9.17, 15) is 14.4 Å². The van der Waals surface area contributed by atoms with Gasteiger partial charge in [0.05, 0.1) is 19.8 Å². The fraction of sp³-hybridized carbons (Fsp3) is 0.643. The molecule has 9 nitrogen and oxygen atoms in total.